The average molecular weight is 245 g/mol. The summed E-state index contributed by atoms with van der Waals surface area (Å²) in [6.07, 6.45) is -5.01. The van der Waals surface area contributed by atoms with Gasteiger partial charge in [0.1, 0.15) is 17.4 Å². The quantitative estimate of drug-likeness (QED) is 0.868. The number of alkyl halides is 3. The molecule has 1 N–H and O–H groups in total. The molecule has 0 aliphatic heterocycles. The standard InChI is InChI=1S/C10H6F3NO3/c1-5-2-6(4-14)8(9(15)16)7(3-5)17-10(11,12)13/h2-3H,1H3,(H,15,16). The van der Waals surface area contributed by atoms with E-state index in [9.17, 15) is 18.0 Å². The molecule has 1 aromatic carbocycles. The second-order valence-corrected chi connectivity index (χ2v) is 3.15. The SMILES string of the molecule is Cc1cc(C#N)c(C(=O)O)c(OC(F)(F)F)c1. The minimum Gasteiger partial charge on any atom is -0.478 e. The highest BCUT2D eigenvalue weighted by Gasteiger charge is 2.34. The van der Waals surface area contributed by atoms with Crippen molar-refractivity contribution in [3.63, 3.8) is 0 Å². The third-order valence-electron chi connectivity index (χ3n) is 1.81. The molecular formula is C10H6F3NO3. The van der Waals surface area contributed by atoms with Crippen LogP contribution in [0.25, 0.3) is 0 Å². The van der Waals surface area contributed by atoms with Crippen LogP contribution >= 0.6 is 0 Å². The number of carboxylic acid groups (broad SMARTS) is 1. The fourth-order valence-electron chi connectivity index (χ4n) is 1.27. The van der Waals surface area contributed by atoms with Gasteiger partial charge in [0.2, 0.25) is 0 Å². The summed E-state index contributed by atoms with van der Waals surface area (Å²) < 4.78 is 39.7. The van der Waals surface area contributed by atoms with Crippen molar-refractivity contribution in [1.82, 2.24) is 0 Å². The van der Waals surface area contributed by atoms with E-state index in [2.05, 4.69) is 4.74 Å². The van der Waals surface area contributed by atoms with Gasteiger partial charge in [-0.3, -0.25) is 0 Å². The number of aromatic carboxylic acids is 1. The number of hydrogen-bond donors (Lipinski definition) is 1. The number of nitriles is 1. The zero-order valence-electron chi connectivity index (χ0n) is 8.50. The van der Waals surface area contributed by atoms with Crippen molar-refractivity contribution in [3.05, 3.63) is 28.8 Å². The molecule has 0 amide bonds. The molecule has 7 heteroatoms. The van der Waals surface area contributed by atoms with E-state index in [4.69, 9.17) is 10.4 Å². The van der Waals surface area contributed by atoms with Gasteiger partial charge in [0.05, 0.1) is 5.56 Å². The van der Waals surface area contributed by atoms with E-state index >= 15 is 0 Å². The third kappa shape index (κ3) is 3.11. The molecule has 0 heterocycles. The van der Waals surface area contributed by atoms with Crippen molar-refractivity contribution in [2.24, 2.45) is 0 Å². The molecule has 1 aromatic rings. The van der Waals surface area contributed by atoms with Crippen molar-refractivity contribution >= 4 is 5.97 Å². The lowest BCUT2D eigenvalue weighted by Crippen LogP contribution is -2.19. The van der Waals surface area contributed by atoms with E-state index < -0.39 is 23.6 Å². The fourth-order valence-corrected chi connectivity index (χ4v) is 1.27. The molecule has 17 heavy (non-hydrogen) atoms. The molecule has 0 radical (unpaired) electrons. The summed E-state index contributed by atoms with van der Waals surface area (Å²) in [5.74, 6) is -2.54. The fraction of sp³-hybridized carbons (Fsp3) is 0.200. The maximum absolute atomic E-state index is 12.1. The van der Waals surface area contributed by atoms with Gasteiger partial charge in [-0.1, -0.05) is 0 Å². The zero-order valence-corrected chi connectivity index (χ0v) is 8.50. The summed E-state index contributed by atoms with van der Waals surface area (Å²) in [5, 5.41) is 17.4. The Morgan fingerprint density at radius 2 is 2.06 bits per heavy atom. The van der Waals surface area contributed by atoms with Crippen molar-refractivity contribution in [2.45, 2.75) is 13.3 Å². The van der Waals surface area contributed by atoms with E-state index in [1.54, 1.807) is 0 Å². The molecule has 0 atom stereocenters. The van der Waals surface area contributed by atoms with Crippen molar-refractivity contribution in [1.29, 1.82) is 5.26 Å². The summed E-state index contributed by atoms with van der Waals surface area (Å²) in [4.78, 5) is 10.8. The van der Waals surface area contributed by atoms with Crippen LogP contribution in [0.4, 0.5) is 13.2 Å². The van der Waals surface area contributed by atoms with Crippen molar-refractivity contribution in [3.8, 4) is 11.8 Å². The molecule has 0 spiro atoms. The molecule has 0 aliphatic carbocycles. The van der Waals surface area contributed by atoms with Crippen LogP contribution in [0, 0.1) is 18.3 Å². The molecule has 0 aliphatic rings. The minimum atomic E-state index is -5.01. The average Bonchev–Trinajstić information content (AvgIpc) is 2.12. The Balaban J connectivity index is 3.42. The van der Waals surface area contributed by atoms with Gasteiger partial charge in [-0.15, -0.1) is 13.2 Å². The predicted molar refractivity (Wildman–Crippen MR) is 49.5 cm³/mol. The monoisotopic (exact) mass is 245 g/mol. The number of carbonyl (C=O) groups is 1. The first-order chi connectivity index (χ1) is 7.74. The Kier molecular flexibility index (Phi) is 3.27. The van der Waals surface area contributed by atoms with Crippen molar-refractivity contribution in [2.75, 3.05) is 0 Å². The van der Waals surface area contributed by atoms with E-state index in [-0.39, 0.29) is 5.56 Å². The molecule has 90 valence electrons. The van der Waals surface area contributed by atoms with Crippen LogP contribution in [-0.4, -0.2) is 17.4 Å². The lowest BCUT2D eigenvalue weighted by Gasteiger charge is -2.12. The van der Waals surface area contributed by atoms with Crippen LogP contribution in [-0.2, 0) is 0 Å². The molecule has 1 rings (SSSR count). The lowest BCUT2D eigenvalue weighted by atomic mass is 10.0. The normalized spacial score (nSPS) is 10.8. The van der Waals surface area contributed by atoms with Gasteiger partial charge in [0.15, 0.2) is 0 Å². The highest BCUT2D eigenvalue weighted by Crippen LogP contribution is 2.29. The van der Waals surface area contributed by atoms with Gasteiger partial charge in [-0.25, -0.2) is 4.79 Å². The number of carboxylic acids is 1. The Labute approximate surface area is 93.8 Å². The molecule has 0 saturated carbocycles. The number of hydrogen-bond acceptors (Lipinski definition) is 3. The Morgan fingerprint density at radius 1 is 1.47 bits per heavy atom. The van der Waals surface area contributed by atoms with Gasteiger partial charge in [-0.05, 0) is 24.6 Å². The summed E-state index contributed by atoms with van der Waals surface area (Å²) >= 11 is 0. The van der Waals surface area contributed by atoms with Gasteiger partial charge < -0.3 is 9.84 Å². The number of nitrogens with zero attached hydrogens (tertiary/aromatic N) is 1. The Morgan fingerprint density at radius 3 is 2.47 bits per heavy atom. The molecular weight excluding hydrogens is 239 g/mol. The molecule has 0 aromatic heterocycles. The lowest BCUT2D eigenvalue weighted by molar-refractivity contribution is -0.274. The van der Waals surface area contributed by atoms with Crippen LogP contribution in [0.3, 0.4) is 0 Å². The molecule has 0 fully saturated rings. The third-order valence-corrected chi connectivity index (χ3v) is 1.81. The smallest absolute Gasteiger partial charge is 0.478 e. The van der Waals surface area contributed by atoms with Crippen LogP contribution in [0.1, 0.15) is 21.5 Å². The van der Waals surface area contributed by atoms with Gasteiger partial charge in [0, 0.05) is 0 Å². The highest BCUT2D eigenvalue weighted by atomic mass is 19.4. The topological polar surface area (TPSA) is 70.3 Å². The van der Waals surface area contributed by atoms with Crippen molar-refractivity contribution < 1.29 is 27.8 Å². The minimum absolute atomic E-state index is 0.297. The number of benzene rings is 1. The predicted octanol–water partition coefficient (Wildman–Crippen LogP) is 2.46. The summed E-state index contributed by atoms with van der Waals surface area (Å²) in [6, 6.07) is 3.60. The number of ether oxygens (including phenoxy) is 1. The van der Waals surface area contributed by atoms with E-state index in [1.807, 2.05) is 0 Å². The maximum Gasteiger partial charge on any atom is 0.573 e. The largest absolute Gasteiger partial charge is 0.573 e. The number of rotatable bonds is 2. The molecule has 0 unspecified atom stereocenters. The van der Waals surface area contributed by atoms with E-state index in [0.717, 1.165) is 6.07 Å². The Hall–Kier alpha value is -2.23. The molecule has 0 bridgehead atoms. The van der Waals surface area contributed by atoms with E-state index in [1.165, 1.54) is 19.1 Å². The van der Waals surface area contributed by atoms with Gasteiger partial charge >= 0.3 is 12.3 Å². The summed E-state index contributed by atoms with van der Waals surface area (Å²) in [6.45, 7) is 1.43. The van der Waals surface area contributed by atoms with Crippen LogP contribution < -0.4 is 4.74 Å². The first-order valence-corrected chi connectivity index (χ1v) is 4.28. The van der Waals surface area contributed by atoms with Gasteiger partial charge in [0.25, 0.3) is 0 Å². The molecule has 4 nitrogen and oxygen atoms in total. The first kappa shape index (κ1) is 12.8. The van der Waals surface area contributed by atoms with Crippen LogP contribution in [0.5, 0.6) is 5.75 Å². The second-order valence-electron chi connectivity index (χ2n) is 3.15. The Bertz CT molecular complexity index is 503. The number of aryl methyl sites for hydroxylation is 1. The number of halogens is 3. The summed E-state index contributed by atoms with van der Waals surface area (Å²) in [7, 11) is 0. The van der Waals surface area contributed by atoms with E-state index in [0.29, 0.717) is 5.56 Å². The second kappa shape index (κ2) is 4.33. The van der Waals surface area contributed by atoms with Crippen LogP contribution in [0.15, 0.2) is 12.1 Å². The van der Waals surface area contributed by atoms with Gasteiger partial charge in [-0.2, -0.15) is 5.26 Å². The molecule has 0 saturated heterocycles. The highest BCUT2D eigenvalue weighted by molar-refractivity contribution is 5.94. The first-order valence-electron chi connectivity index (χ1n) is 4.28. The van der Waals surface area contributed by atoms with Crippen LogP contribution in [0.2, 0.25) is 0 Å². The summed E-state index contributed by atoms with van der Waals surface area (Å²) in [5.41, 5.74) is -0.877. The zero-order chi connectivity index (χ0) is 13.2. The maximum atomic E-state index is 12.1.